The number of fused-ring (bicyclic) bond motifs is 2. The molecule has 1 N–H and O–H groups in total. The van der Waals surface area contributed by atoms with Gasteiger partial charge in [0.2, 0.25) is 0 Å². The van der Waals surface area contributed by atoms with Gasteiger partial charge in [-0.1, -0.05) is 45.5 Å². The Morgan fingerprint density at radius 2 is 1.64 bits per heavy atom. The molecule has 1 aliphatic heterocycles. The average molecular weight is 442 g/mol. The third kappa shape index (κ3) is 4.02. The molecule has 5 heteroatoms. The third-order valence-electron chi connectivity index (χ3n) is 5.75. The van der Waals surface area contributed by atoms with Crippen LogP contribution in [0.15, 0.2) is 54.6 Å². The van der Waals surface area contributed by atoms with Crippen LogP contribution in [0.4, 0.5) is 5.69 Å². The maximum absolute atomic E-state index is 13.0. The molecule has 0 bridgehead atoms. The van der Waals surface area contributed by atoms with Crippen molar-refractivity contribution in [3.05, 3.63) is 87.3 Å². The molecular formula is C28H27NO4. The third-order valence-corrected chi connectivity index (χ3v) is 5.75. The van der Waals surface area contributed by atoms with Gasteiger partial charge in [-0.15, -0.1) is 0 Å². The summed E-state index contributed by atoms with van der Waals surface area (Å²) in [7, 11) is 3.89. The molecule has 1 aliphatic rings. The van der Waals surface area contributed by atoms with Crippen LogP contribution in [0.5, 0.6) is 11.5 Å². The Hall–Kier alpha value is -3.86. The van der Waals surface area contributed by atoms with Gasteiger partial charge >= 0.3 is 5.97 Å². The van der Waals surface area contributed by atoms with Crippen LogP contribution < -0.4 is 20.1 Å². The van der Waals surface area contributed by atoms with Crippen LogP contribution in [0.1, 0.15) is 52.6 Å². The van der Waals surface area contributed by atoms with E-state index in [1.165, 1.54) is 6.07 Å². The molecule has 4 rings (SSSR count). The van der Waals surface area contributed by atoms with Gasteiger partial charge in [0.1, 0.15) is 11.5 Å². The normalized spacial score (nSPS) is 12.5. The summed E-state index contributed by atoms with van der Waals surface area (Å²) >= 11 is 0. The fourth-order valence-corrected chi connectivity index (χ4v) is 4.00. The number of hydrogen-bond donors (Lipinski definition) is 1. The minimum Gasteiger partial charge on any atom is -0.478 e. The number of carbonyl (C=O) groups is 2. The van der Waals surface area contributed by atoms with Gasteiger partial charge in [-0.05, 0) is 41.1 Å². The van der Waals surface area contributed by atoms with E-state index < -0.39 is 11.4 Å². The van der Waals surface area contributed by atoms with Crippen molar-refractivity contribution in [2.75, 3.05) is 19.0 Å². The molecule has 33 heavy (non-hydrogen) atoms. The molecule has 0 unspecified atom stereocenters. The number of Topliss-reactive ketones (excluding diaryl/α,β-unsaturated/α-hetero) is 1. The molecule has 168 valence electrons. The van der Waals surface area contributed by atoms with E-state index in [1.54, 1.807) is 12.1 Å². The number of carbonyl (C=O) groups excluding carboxylic acids is 1. The van der Waals surface area contributed by atoms with Crippen molar-refractivity contribution in [2.24, 2.45) is 5.41 Å². The lowest BCUT2D eigenvalue weighted by Crippen LogP contribution is -2.23. The average Bonchev–Trinajstić information content (AvgIpc) is 2.75. The van der Waals surface area contributed by atoms with Crippen LogP contribution in [-0.4, -0.2) is 31.0 Å². The van der Waals surface area contributed by atoms with E-state index in [1.807, 2.05) is 76.2 Å². The Bertz CT molecular complexity index is 1410. The van der Waals surface area contributed by atoms with Crippen molar-refractivity contribution in [3.8, 4) is 11.5 Å². The van der Waals surface area contributed by atoms with Crippen molar-refractivity contribution in [2.45, 2.75) is 20.8 Å². The molecule has 0 radical (unpaired) electrons. The Morgan fingerprint density at radius 3 is 2.27 bits per heavy atom. The van der Waals surface area contributed by atoms with E-state index in [2.05, 4.69) is 6.58 Å². The topological polar surface area (TPSA) is 66.8 Å². The monoisotopic (exact) mass is 441 g/mol. The van der Waals surface area contributed by atoms with Gasteiger partial charge in [0.25, 0.3) is 0 Å². The summed E-state index contributed by atoms with van der Waals surface area (Å²) in [6.45, 7) is 9.56. The summed E-state index contributed by atoms with van der Waals surface area (Å²) in [6, 6.07) is 16.2. The lowest BCUT2D eigenvalue weighted by Gasteiger charge is -2.24. The highest BCUT2D eigenvalue weighted by atomic mass is 16.5. The lowest BCUT2D eigenvalue weighted by atomic mass is 9.83. The predicted octanol–water partition coefficient (Wildman–Crippen LogP) is 4.44. The number of carboxylic acids is 1. The van der Waals surface area contributed by atoms with Crippen LogP contribution in [0.3, 0.4) is 0 Å². The zero-order chi connectivity index (χ0) is 24.1. The molecule has 0 aliphatic carbocycles. The second-order valence-electron chi connectivity index (χ2n) is 9.53. The highest BCUT2D eigenvalue weighted by Crippen LogP contribution is 2.39. The maximum atomic E-state index is 13.0. The molecule has 0 amide bonds. The van der Waals surface area contributed by atoms with Crippen molar-refractivity contribution in [3.63, 3.8) is 0 Å². The summed E-state index contributed by atoms with van der Waals surface area (Å²) < 4.78 is 6.23. The highest BCUT2D eigenvalue weighted by Gasteiger charge is 2.28. The molecule has 0 saturated carbocycles. The van der Waals surface area contributed by atoms with E-state index >= 15 is 0 Å². The van der Waals surface area contributed by atoms with Gasteiger partial charge in [0, 0.05) is 53.2 Å². The van der Waals surface area contributed by atoms with Gasteiger partial charge in [-0.25, -0.2) is 4.79 Å². The number of hydrogen-bond acceptors (Lipinski definition) is 4. The smallest absolute Gasteiger partial charge is 0.336 e. The SMILES string of the molecule is C=c1ccc2c(c1)Oc1cc(N(C)C)ccc1C=2c1cc(C(=O)C(C)(C)C)ccc1C(=O)O. The van der Waals surface area contributed by atoms with E-state index in [9.17, 15) is 14.7 Å². The molecule has 0 saturated heterocycles. The summed E-state index contributed by atoms with van der Waals surface area (Å²) in [5.74, 6) is 0.119. The minimum absolute atomic E-state index is 0.0511. The first-order chi connectivity index (χ1) is 15.5. The Labute approximate surface area is 193 Å². The van der Waals surface area contributed by atoms with Crippen molar-refractivity contribution >= 4 is 29.6 Å². The summed E-state index contributed by atoms with van der Waals surface area (Å²) in [6.07, 6.45) is 0. The molecule has 1 heterocycles. The number of nitrogens with zero attached hydrogens (tertiary/aromatic N) is 1. The standard InChI is InChI=1S/C28H27NO4/c1-16-7-10-20-23(13-16)33-24-15-18(29(5)6)9-12-21(24)25(20)22-14-17(26(30)28(2,3)4)8-11-19(22)27(31)32/h7-15H,1H2,2-6H3,(H,31,32). The Kier molecular flexibility index (Phi) is 5.36. The maximum Gasteiger partial charge on any atom is 0.336 e. The number of anilines is 1. The largest absolute Gasteiger partial charge is 0.478 e. The van der Waals surface area contributed by atoms with Gasteiger partial charge in [0.15, 0.2) is 5.78 Å². The molecule has 5 nitrogen and oxygen atoms in total. The minimum atomic E-state index is -1.06. The van der Waals surface area contributed by atoms with Crippen LogP contribution in [0, 0.1) is 5.41 Å². The van der Waals surface area contributed by atoms with E-state index in [0.29, 0.717) is 22.6 Å². The van der Waals surface area contributed by atoms with Crippen LogP contribution >= 0.6 is 0 Å². The predicted molar refractivity (Wildman–Crippen MR) is 131 cm³/mol. The second-order valence-corrected chi connectivity index (χ2v) is 9.53. The zero-order valence-corrected chi connectivity index (χ0v) is 19.5. The molecule has 3 aromatic carbocycles. The molecular weight excluding hydrogens is 414 g/mol. The van der Waals surface area contributed by atoms with Crippen LogP contribution in [0.2, 0.25) is 0 Å². The molecule has 0 aromatic heterocycles. The van der Waals surface area contributed by atoms with E-state index in [4.69, 9.17) is 4.74 Å². The summed E-state index contributed by atoms with van der Waals surface area (Å²) in [4.78, 5) is 27.2. The van der Waals surface area contributed by atoms with Crippen molar-refractivity contribution in [1.82, 2.24) is 0 Å². The van der Waals surface area contributed by atoms with Gasteiger partial charge < -0.3 is 14.7 Å². The van der Waals surface area contributed by atoms with Crippen molar-refractivity contribution < 1.29 is 19.4 Å². The fourth-order valence-electron chi connectivity index (χ4n) is 4.00. The van der Waals surface area contributed by atoms with Gasteiger partial charge in [-0.2, -0.15) is 0 Å². The quantitative estimate of drug-likeness (QED) is 0.474. The Morgan fingerprint density at radius 1 is 0.909 bits per heavy atom. The zero-order valence-electron chi connectivity index (χ0n) is 19.5. The highest BCUT2D eigenvalue weighted by molar-refractivity contribution is 6.04. The van der Waals surface area contributed by atoms with Crippen molar-refractivity contribution in [1.29, 1.82) is 0 Å². The van der Waals surface area contributed by atoms with Gasteiger partial charge in [-0.3, -0.25) is 4.79 Å². The van der Waals surface area contributed by atoms with Gasteiger partial charge in [0.05, 0.1) is 5.56 Å². The van der Waals surface area contributed by atoms with Crippen LogP contribution in [-0.2, 0) is 0 Å². The fraction of sp³-hybridized carbons (Fsp3) is 0.214. The first-order valence-electron chi connectivity index (χ1n) is 10.7. The summed E-state index contributed by atoms with van der Waals surface area (Å²) in [5, 5.41) is 11.5. The first kappa shape index (κ1) is 22.3. The number of carboxylic acid groups (broad SMARTS) is 1. The lowest BCUT2D eigenvalue weighted by molar-refractivity contribution is 0.0695. The second kappa shape index (κ2) is 7.93. The number of ether oxygens (including phenoxy) is 1. The number of aromatic carboxylic acids is 1. The Balaban J connectivity index is 2.10. The molecule has 3 aromatic rings. The molecule has 0 fully saturated rings. The number of rotatable bonds is 4. The van der Waals surface area contributed by atoms with Crippen LogP contribution in [0.25, 0.3) is 12.2 Å². The summed E-state index contributed by atoms with van der Waals surface area (Å²) in [5.41, 5.74) is 2.94. The number of ketones is 1. The van der Waals surface area contributed by atoms with E-state index in [-0.39, 0.29) is 11.3 Å². The number of benzene rings is 3. The first-order valence-corrected chi connectivity index (χ1v) is 10.7. The van der Waals surface area contributed by atoms with E-state index in [0.717, 1.165) is 27.3 Å². The molecule has 0 spiro atoms. The molecule has 0 atom stereocenters.